The van der Waals surface area contributed by atoms with Gasteiger partial charge < -0.3 is 21.5 Å². The van der Waals surface area contributed by atoms with Crippen molar-refractivity contribution < 1.29 is 9.90 Å². The lowest BCUT2D eigenvalue weighted by Crippen LogP contribution is -2.30. The lowest BCUT2D eigenvalue weighted by atomic mass is 10.1. The maximum absolute atomic E-state index is 11.1. The van der Waals surface area contributed by atoms with Crippen LogP contribution in [0.3, 0.4) is 0 Å². The first-order chi connectivity index (χ1) is 8.13. The van der Waals surface area contributed by atoms with E-state index in [0.29, 0.717) is 23.8 Å². The molecular formula is C12H17N3O2. The van der Waals surface area contributed by atoms with Gasteiger partial charge in [0.1, 0.15) is 0 Å². The number of hydrogen-bond donors (Lipinski definition) is 3. The number of primary amides is 1. The van der Waals surface area contributed by atoms with E-state index in [-0.39, 0.29) is 6.61 Å². The number of carbonyl (C=O) groups excluding carboxylic acids is 1. The van der Waals surface area contributed by atoms with Crippen molar-refractivity contribution in [3.8, 4) is 0 Å². The second-order valence-corrected chi connectivity index (χ2v) is 4.29. The van der Waals surface area contributed by atoms with E-state index >= 15 is 0 Å². The van der Waals surface area contributed by atoms with Crippen molar-refractivity contribution in [1.82, 2.24) is 0 Å². The molecular weight excluding hydrogens is 218 g/mol. The van der Waals surface area contributed by atoms with Gasteiger partial charge >= 0.3 is 0 Å². The van der Waals surface area contributed by atoms with Crippen molar-refractivity contribution in [3.05, 3.63) is 23.8 Å². The highest BCUT2D eigenvalue weighted by atomic mass is 16.3. The summed E-state index contributed by atoms with van der Waals surface area (Å²) < 4.78 is 0. The van der Waals surface area contributed by atoms with Crippen molar-refractivity contribution in [2.45, 2.75) is 18.9 Å². The van der Waals surface area contributed by atoms with Gasteiger partial charge in [0.25, 0.3) is 0 Å². The van der Waals surface area contributed by atoms with E-state index in [1.807, 2.05) is 4.90 Å². The Morgan fingerprint density at radius 1 is 1.47 bits per heavy atom. The van der Waals surface area contributed by atoms with Crippen molar-refractivity contribution in [2.24, 2.45) is 5.73 Å². The van der Waals surface area contributed by atoms with Gasteiger partial charge in [-0.15, -0.1) is 0 Å². The molecule has 0 bridgehead atoms. The molecule has 1 amide bonds. The van der Waals surface area contributed by atoms with Crippen LogP contribution < -0.4 is 16.4 Å². The standard InChI is InChI=1S/C12H17N3O2/c13-10-4-1-8(12(14)17)7-11(10)15(5-6-16)9-2-3-9/h1,4,7,9,16H,2-3,5-6,13H2,(H2,14,17). The molecule has 5 nitrogen and oxygen atoms in total. The second kappa shape index (κ2) is 4.63. The number of nitrogens with zero attached hydrogens (tertiary/aromatic N) is 1. The lowest BCUT2D eigenvalue weighted by Gasteiger charge is -2.25. The molecule has 0 radical (unpaired) electrons. The van der Waals surface area contributed by atoms with Gasteiger partial charge in [0.15, 0.2) is 0 Å². The lowest BCUT2D eigenvalue weighted by molar-refractivity contribution is 0.100. The van der Waals surface area contributed by atoms with Crippen molar-refractivity contribution in [3.63, 3.8) is 0 Å². The van der Waals surface area contributed by atoms with E-state index in [1.165, 1.54) is 0 Å². The summed E-state index contributed by atoms with van der Waals surface area (Å²) in [7, 11) is 0. The van der Waals surface area contributed by atoms with Crippen LogP contribution in [0.2, 0.25) is 0 Å². The molecule has 0 unspecified atom stereocenters. The van der Waals surface area contributed by atoms with Gasteiger partial charge in [-0.25, -0.2) is 0 Å². The Bertz CT molecular complexity index is 430. The molecule has 0 spiro atoms. The molecule has 5 heteroatoms. The summed E-state index contributed by atoms with van der Waals surface area (Å²) in [6.45, 7) is 0.591. The van der Waals surface area contributed by atoms with Crippen LogP contribution in [0.25, 0.3) is 0 Å². The van der Waals surface area contributed by atoms with Gasteiger partial charge in [-0.2, -0.15) is 0 Å². The molecule has 1 aromatic rings. The third-order valence-electron chi connectivity index (χ3n) is 2.95. The Balaban J connectivity index is 2.33. The van der Waals surface area contributed by atoms with Crippen LogP contribution in [0.15, 0.2) is 18.2 Å². The summed E-state index contributed by atoms with van der Waals surface area (Å²) >= 11 is 0. The van der Waals surface area contributed by atoms with Crippen LogP contribution in [-0.2, 0) is 0 Å². The molecule has 0 aromatic heterocycles. The van der Waals surface area contributed by atoms with Crippen molar-refractivity contribution in [2.75, 3.05) is 23.8 Å². The van der Waals surface area contributed by atoms with Gasteiger partial charge in [0, 0.05) is 18.2 Å². The Morgan fingerprint density at radius 3 is 2.71 bits per heavy atom. The Kier molecular flexibility index (Phi) is 3.19. The fraction of sp³-hybridized carbons (Fsp3) is 0.417. The van der Waals surface area contributed by atoms with Gasteiger partial charge in [-0.3, -0.25) is 4.79 Å². The fourth-order valence-corrected chi connectivity index (χ4v) is 1.94. The number of nitrogens with two attached hydrogens (primary N) is 2. The van der Waals surface area contributed by atoms with Crippen molar-refractivity contribution in [1.29, 1.82) is 0 Å². The highest BCUT2D eigenvalue weighted by molar-refractivity contribution is 5.95. The van der Waals surface area contributed by atoms with E-state index in [4.69, 9.17) is 16.6 Å². The predicted molar refractivity (Wildman–Crippen MR) is 66.8 cm³/mol. The summed E-state index contributed by atoms with van der Waals surface area (Å²) in [6, 6.07) is 5.42. The third kappa shape index (κ3) is 2.50. The number of carbonyl (C=O) groups is 1. The van der Waals surface area contributed by atoms with Gasteiger partial charge in [-0.05, 0) is 31.0 Å². The molecule has 2 rings (SSSR count). The first-order valence-electron chi connectivity index (χ1n) is 5.70. The summed E-state index contributed by atoms with van der Waals surface area (Å²) in [5.41, 5.74) is 13.0. The minimum absolute atomic E-state index is 0.0662. The molecule has 17 heavy (non-hydrogen) atoms. The number of aliphatic hydroxyl groups is 1. The van der Waals surface area contributed by atoms with E-state index in [9.17, 15) is 4.79 Å². The summed E-state index contributed by atoms with van der Waals surface area (Å²) in [4.78, 5) is 13.2. The number of hydrogen-bond acceptors (Lipinski definition) is 4. The van der Waals surface area contributed by atoms with Gasteiger partial charge in [0.2, 0.25) is 5.91 Å². The van der Waals surface area contributed by atoms with Gasteiger partial charge in [0.05, 0.1) is 18.0 Å². The predicted octanol–water partition coefficient (Wildman–Crippen LogP) is 0.329. The number of nitrogen functional groups attached to an aromatic ring is 1. The third-order valence-corrected chi connectivity index (χ3v) is 2.95. The molecule has 92 valence electrons. The minimum Gasteiger partial charge on any atom is -0.397 e. The molecule has 0 saturated heterocycles. The average Bonchev–Trinajstić information content (AvgIpc) is 3.10. The van der Waals surface area contributed by atoms with Crippen LogP contribution in [0.1, 0.15) is 23.2 Å². The Hall–Kier alpha value is -1.75. The SMILES string of the molecule is NC(=O)c1ccc(N)c(N(CCO)C2CC2)c1. The maximum Gasteiger partial charge on any atom is 0.248 e. The molecule has 0 atom stereocenters. The number of amides is 1. The first-order valence-corrected chi connectivity index (χ1v) is 5.70. The van der Waals surface area contributed by atoms with Crippen molar-refractivity contribution >= 4 is 17.3 Å². The Labute approximate surface area is 100 Å². The fourth-order valence-electron chi connectivity index (χ4n) is 1.94. The topological polar surface area (TPSA) is 92.6 Å². The van der Waals surface area contributed by atoms with E-state index < -0.39 is 5.91 Å². The second-order valence-electron chi connectivity index (χ2n) is 4.29. The molecule has 5 N–H and O–H groups in total. The first kappa shape index (κ1) is 11.7. The molecule has 0 aliphatic heterocycles. The van der Waals surface area contributed by atoms with Crippen LogP contribution in [-0.4, -0.2) is 30.2 Å². The summed E-state index contributed by atoms with van der Waals surface area (Å²) in [6.07, 6.45) is 2.19. The van der Waals surface area contributed by atoms with E-state index in [2.05, 4.69) is 0 Å². The summed E-state index contributed by atoms with van der Waals surface area (Å²) in [5.74, 6) is -0.467. The average molecular weight is 235 g/mol. The van der Waals surface area contributed by atoms with Crippen LogP contribution in [0, 0.1) is 0 Å². The highest BCUT2D eigenvalue weighted by Crippen LogP contribution is 2.34. The van der Waals surface area contributed by atoms with Crippen LogP contribution in [0.4, 0.5) is 11.4 Å². The molecule has 0 heterocycles. The zero-order valence-electron chi connectivity index (χ0n) is 9.60. The van der Waals surface area contributed by atoms with Gasteiger partial charge in [-0.1, -0.05) is 0 Å². The van der Waals surface area contributed by atoms with E-state index in [0.717, 1.165) is 18.5 Å². The molecule has 1 aliphatic carbocycles. The molecule has 1 fully saturated rings. The zero-order chi connectivity index (χ0) is 12.4. The molecule has 1 aromatic carbocycles. The smallest absolute Gasteiger partial charge is 0.248 e. The number of rotatable bonds is 5. The normalized spacial score (nSPS) is 14.6. The quantitative estimate of drug-likeness (QED) is 0.641. The molecule has 1 aliphatic rings. The maximum atomic E-state index is 11.1. The van der Waals surface area contributed by atoms with E-state index in [1.54, 1.807) is 18.2 Å². The monoisotopic (exact) mass is 235 g/mol. The largest absolute Gasteiger partial charge is 0.397 e. The summed E-state index contributed by atoms with van der Waals surface area (Å²) in [5, 5.41) is 9.07. The highest BCUT2D eigenvalue weighted by Gasteiger charge is 2.30. The molecule has 1 saturated carbocycles. The zero-order valence-corrected chi connectivity index (χ0v) is 9.60. The van der Waals surface area contributed by atoms with Crippen LogP contribution >= 0.6 is 0 Å². The minimum atomic E-state index is -0.467. The Morgan fingerprint density at radius 2 is 2.18 bits per heavy atom. The van der Waals surface area contributed by atoms with Crippen LogP contribution in [0.5, 0.6) is 0 Å². The number of anilines is 2. The number of benzene rings is 1. The number of aliphatic hydroxyl groups excluding tert-OH is 1.